The van der Waals surface area contributed by atoms with Crippen LogP contribution in [-0.2, 0) is 4.74 Å². The van der Waals surface area contributed by atoms with Crippen LogP contribution in [0.3, 0.4) is 0 Å². The maximum Gasteiger partial charge on any atom is 0.0732 e. The second-order valence-corrected chi connectivity index (χ2v) is 3.65. The van der Waals surface area contributed by atoms with Crippen molar-refractivity contribution < 1.29 is 4.74 Å². The van der Waals surface area contributed by atoms with E-state index in [1.165, 1.54) is 5.57 Å². The van der Waals surface area contributed by atoms with Crippen LogP contribution in [0.25, 0.3) is 0 Å². The Kier molecular flexibility index (Phi) is 3.76. The maximum atomic E-state index is 5.35. The van der Waals surface area contributed by atoms with Crippen molar-refractivity contribution in [3.05, 3.63) is 11.6 Å². The van der Waals surface area contributed by atoms with Gasteiger partial charge in [-0.2, -0.15) is 0 Å². The van der Waals surface area contributed by atoms with Crippen LogP contribution >= 0.6 is 0 Å². The fraction of sp³-hybridized carbons (Fsp3) is 0.800. The zero-order valence-corrected chi connectivity index (χ0v) is 8.26. The van der Waals surface area contributed by atoms with E-state index in [9.17, 15) is 0 Å². The Morgan fingerprint density at radius 2 is 2.33 bits per heavy atom. The van der Waals surface area contributed by atoms with E-state index in [1.54, 1.807) is 7.11 Å². The van der Waals surface area contributed by atoms with E-state index < -0.39 is 0 Å². The van der Waals surface area contributed by atoms with Crippen LogP contribution in [-0.4, -0.2) is 26.3 Å². The van der Waals surface area contributed by atoms with Gasteiger partial charge < -0.3 is 10.1 Å². The van der Waals surface area contributed by atoms with Crippen LogP contribution < -0.4 is 5.32 Å². The van der Waals surface area contributed by atoms with E-state index in [4.69, 9.17) is 4.74 Å². The number of nitrogens with one attached hydrogen (secondary N) is 1. The van der Waals surface area contributed by atoms with E-state index >= 15 is 0 Å². The van der Waals surface area contributed by atoms with Gasteiger partial charge in [-0.3, -0.25) is 0 Å². The fourth-order valence-corrected chi connectivity index (χ4v) is 1.50. The van der Waals surface area contributed by atoms with Gasteiger partial charge in [0.2, 0.25) is 0 Å². The number of methoxy groups -OCH3 is 1. The lowest BCUT2D eigenvalue weighted by molar-refractivity contribution is 0.103. The zero-order valence-electron chi connectivity index (χ0n) is 8.26. The van der Waals surface area contributed by atoms with E-state index in [1.807, 2.05) is 0 Å². The molecule has 0 aromatic rings. The molecule has 0 spiro atoms. The third-order valence-electron chi connectivity index (χ3n) is 2.42. The lowest BCUT2D eigenvalue weighted by Crippen LogP contribution is -2.26. The molecular weight excluding hydrogens is 150 g/mol. The highest BCUT2D eigenvalue weighted by Gasteiger charge is 2.14. The summed E-state index contributed by atoms with van der Waals surface area (Å²) in [6.45, 7) is 6.45. The van der Waals surface area contributed by atoms with E-state index in [2.05, 4.69) is 25.2 Å². The smallest absolute Gasteiger partial charge is 0.0732 e. The summed E-state index contributed by atoms with van der Waals surface area (Å²) < 4.78 is 5.35. The lowest BCUT2D eigenvalue weighted by atomic mass is 9.97. The van der Waals surface area contributed by atoms with Gasteiger partial charge >= 0.3 is 0 Å². The maximum absolute atomic E-state index is 5.35. The Morgan fingerprint density at radius 3 is 2.92 bits per heavy atom. The Morgan fingerprint density at radius 1 is 1.58 bits per heavy atom. The third kappa shape index (κ3) is 2.61. The molecule has 0 aliphatic carbocycles. The minimum atomic E-state index is 0.362. The highest BCUT2D eigenvalue weighted by atomic mass is 16.5. The lowest BCUT2D eigenvalue weighted by Gasteiger charge is -2.16. The molecule has 0 radical (unpaired) electrons. The first-order valence-corrected chi connectivity index (χ1v) is 4.66. The van der Waals surface area contributed by atoms with Crippen LogP contribution in [0.15, 0.2) is 11.6 Å². The van der Waals surface area contributed by atoms with Crippen LogP contribution in [0.4, 0.5) is 0 Å². The minimum absolute atomic E-state index is 0.362. The molecule has 12 heavy (non-hydrogen) atoms. The molecule has 0 fully saturated rings. The molecule has 1 aliphatic rings. The molecule has 1 unspecified atom stereocenters. The van der Waals surface area contributed by atoms with Gasteiger partial charge in [0.05, 0.1) is 6.10 Å². The molecule has 1 N–H and O–H groups in total. The highest BCUT2D eigenvalue weighted by molar-refractivity contribution is 5.09. The van der Waals surface area contributed by atoms with Gasteiger partial charge in [0.1, 0.15) is 0 Å². The Labute approximate surface area is 75.0 Å². The molecule has 0 aromatic heterocycles. The summed E-state index contributed by atoms with van der Waals surface area (Å²) >= 11 is 0. The monoisotopic (exact) mass is 169 g/mol. The van der Waals surface area contributed by atoms with Crippen LogP contribution in [0.5, 0.6) is 0 Å². The predicted octanol–water partition coefficient (Wildman–Crippen LogP) is 1.58. The second kappa shape index (κ2) is 4.63. The molecule has 1 atom stereocenters. The molecule has 0 amide bonds. The summed E-state index contributed by atoms with van der Waals surface area (Å²) in [6, 6.07) is 0. The quantitative estimate of drug-likeness (QED) is 0.634. The molecule has 0 bridgehead atoms. The zero-order chi connectivity index (χ0) is 8.97. The Balaban J connectivity index is 2.54. The van der Waals surface area contributed by atoms with Crippen molar-refractivity contribution in [2.24, 2.45) is 5.92 Å². The topological polar surface area (TPSA) is 21.3 Å². The van der Waals surface area contributed by atoms with Crippen molar-refractivity contribution in [2.75, 3.05) is 20.2 Å². The molecule has 1 aliphatic heterocycles. The average Bonchev–Trinajstić information content (AvgIpc) is 2.28. The van der Waals surface area contributed by atoms with Gasteiger partial charge in [-0.1, -0.05) is 25.5 Å². The summed E-state index contributed by atoms with van der Waals surface area (Å²) in [6.07, 6.45) is 3.74. The molecule has 2 heteroatoms. The standard InChI is InChI=1S/C10H19NO/c1-8(2)9-4-5-11-7-10(6-9)12-3/h4,8,10-11H,5-7H2,1-3H3. The predicted molar refractivity (Wildman–Crippen MR) is 51.2 cm³/mol. The molecule has 0 saturated heterocycles. The van der Waals surface area contributed by atoms with Crippen molar-refractivity contribution in [1.29, 1.82) is 0 Å². The van der Waals surface area contributed by atoms with Crippen molar-refractivity contribution >= 4 is 0 Å². The molecule has 2 nitrogen and oxygen atoms in total. The van der Waals surface area contributed by atoms with Gasteiger partial charge in [0.15, 0.2) is 0 Å². The number of hydrogen-bond acceptors (Lipinski definition) is 2. The summed E-state index contributed by atoms with van der Waals surface area (Å²) in [5.41, 5.74) is 1.52. The molecule has 1 rings (SSSR count). The fourth-order valence-electron chi connectivity index (χ4n) is 1.50. The van der Waals surface area contributed by atoms with E-state index in [-0.39, 0.29) is 0 Å². The molecule has 0 saturated carbocycles. The van der Waals surface area contributed by atoms with E-state index in [0.29, 0.717) is 12.0 Å². The van der Waals surface area contributed by atoms with Crippen LogP contribution in [0, 0.1) is 5.92 Å². The van der Waals surface area contributed by atoms with Gasteiger partial charge in [-0.25, -0.2) is 0 Å². The summed E-state index contributed by atoms with van der Waals surface area (Å²) in [5, 5.41) is 3.33. The highest BCUT2D eigenvalue weighted by Crippen LogP contribution is 2.18. The first-order chi connectivity index (χ1) is 5.74. The largest absolute Gasteiger partial charge is 0.380 e. The van der Waals surface area contributed by atoms with Crippen molar-refractivity contribution in [1.82, 2.24) is 5.32 Å². The summed E-state index contributed by atoms with van der Waals surface area (Å²) in [5.74, 6) is 0.655. The van der Waals surface area contributed by atoms with Crippen LogP contribution in [0.2, 0.25) is 0 Å². The molecule has 70 valence electrons. The normalized spacial score (nSPS) is 25.3. The Bertz CT molecular complexity index is 163. The number of hydrogen-bond donors (Lipinski definition) is 1. The third-order valence-corrected chi connectivity index (χ3v) is 2.42. The van der Waals surface area contributed by atoms with Gasteiger partial charge in [-0.15, -0.1) is 0 Å². The summed E-state index contributed by atoms with van der Waals surface area (Å²) in [7, 11) is 1.79. The van der Waals surface area contributed by atoms with Gasteiger partial charge in [0.25, 0.3) is 0 Å². The molecule has 1 heterocycles. The van der Waals surface area contributed by atoms with Gasteiger partial charge in [0, 0.05) is 20.2 Å². The van der Waals surface area contributed by atoms with Crippen molar-refractivity contribution in [3.8, 4) is 0 Å². The molecule has 0 aromatic carbocycles. The van der Waals surface area contributed by atoms with E-state index in [0.717, 1.165) is 19.5 Å². The minimum Gasteiger partial charge on any atom is -0.380 e. The Hall–Kier alpha value is -0.340. The first-order valence-electron chi connectivity index (χ1n) is 4.66. The van der Waals surface area contributed by atoms with Crippen molar-refractivity contribution in [2.45, 2.75) is 26.4 Å². The van der Waals surface area contributed by atoms with Crippen molar-refractivity contribution in [3.63, 3.8) is 0 Å². The number of ether oxygens (including phenoxy) is 1. The average molecular weight is 169 g/mol. The van der Waals surface area contributed by atoms with Crippen LogP contribution in [0.1, 0.15) is 20.3 Å². The van der Waals surface area contributed by atoms with Gasteiger partial charge in [-0.05, 0) is 12.3 Å². The molecular formula is C10H19NO. The number of rotatable bonds is 2. The SMILES string of the molecule is COC1CNCC=C(C(C)C)C1. The second-order valence-electron chi connectivity index (χ2n) is 3.65. The summed E-state index contributed by atoms with van der Waals surface area (Å²) in [4.78, 5) is 0. The first kappa shape index (κ1) is 9.75.